The monoisotopic (exact) mass is 224 g/mol. The quantitative estimate of drug-likeness (QED) is 0.665. The van der Waals surface area contributed by atoms with Gasteiger partial charge in [-0.25, -0.2) is 0 Å². The van der Waals surface area contributed by atoms with E-state index in [0.717, 1.165) is 6.54 Å². The summed E-state index contributed by atoms with van der Waals surface area (Å²) in [5.74, 6) is -0.950. The Morgan fingerprint density at radius 1 is 1.27 bits per heavy atom. The molecule has 2 N–H and O–H groups in total. The molecule has 0 aromatic heterocycles. The lowest BCUT2D eigenvalue weighted by atomic mass is 10.3. The third kappa shape index (κ3) is 7.18. The third-order valence-electron chi connectivity index (χ3n) is 2.05. The molecular weight excluding hydrogens is 209 g/mol. The number of hydrogen-bond acceptors (Lipinski definition) is 2. The van der Waals surface area contributed by atoms with Crippen molar-refractivity contribution in [2.45, 2.75) is 37.9 Å². The first kappa shape index (κ1) is 12.3. The molecule has 0 aliphatic heterocycles. The van der Waals surface area contributed by atoms with Gasteiger partial charge in [-0.3, -0.25) is 4.79 Å². The Morgan fingerprint density at radius 2 is 1.93 bits per heavy atom. The summed E-state index contributed by atoms with van der Waals surface area (Å²) in [4.78, 5) is 10.7. The van der Waals surface area contributed by atoms with Gasteiger partial charge in [-0.05, 0) is 25.8 Å². The first-order chi connectivity index (χ1) is 6.97. The van der Waals surface area contributed by atoms with Crippen molar-refractivity contribution in [3.8, 4) is 0 Å². The summed E-state index contributed by atoms with van der Waals surface area (Å²) in [5, 5.41) is 5.44. The molecule has 88 valence electrons. The molecule has 1 saturated carbocycles. The fourth-order valence-corrected chi connectivity index (χ4v) is 1.15. The van der Waals surface area contributed by atoms with E-state index in [-0.39, 0.29) is 0 Å². The average Bonchev–Trinajstić information content (AvgIpc) is 2.83. The van der Waals surface area contributed by atoms with Crippen molar-refractivity contribution < 1.29 is 18.0 Å². The van der Waals surface area contributed by atoms with Crippen molar-refractivity contribution in [1.29, 1.82) is 0 Å². The molecule has 0 heterocycles. The topological polar surface area (TPSA) is 41.1 Å². The van der Waals surface area contributed by atoms with E-state index < -0.39 is 18.5 Å². The fourth-order valence-electron chi connectivity index (χ4n) is 1.15. The summed E-state index contributed by atoms with van der Waals surface area (Å²) in [6.45, 7) is 1.05. The predicted molar refractivity (Wildman–Crippen MR) is 49.3 cm³/mol. The second-order valence-corrected chi connectivity index (χ2v) is 3.72. The van der Waals surface area contributed by atoms with Gasteiger partial charge in [0.15, 0.2) is 0 Å². The molecule has 0 aromatic rings. The number of carbonyl (C=O) groups excluding carboxylic acids is 1. The van der Waals surface area contributed by atoms with Gasteiger partial charge >= 0.3 is 6.18 Å². The molecule has 0 spiro atoms. The summed E-state index contributed by atoms with van der Waals surface area (Å²) < 4.78 is 35.2. The van der Waals surface area contributed by atoms with E-state index in [1.54, 1.807) is 0 Å². The third-order valence-corrected chi connectivity index (χ3v) is 2.05. The molecule has 1 aliphatic carbocycles. The molecule has 0 bridgehead atoms. The van der Waals surface area contributed by atoms with Crippen LogP contribution in [0.1, 0.15) is 25.7 Å². The molecule has 1 fully saturated rings. The number of amides is 1. The summed E-state index contributed by atoms with van der Waals surface area (Å²) in [6.07, 6.45) is -2.76. The zero-order chi connectivity index (χ0) is 11.3. The summed E-state index contributed by atoms with van der Waals surface area (Å²) >= 11 is 0. The lowest BCUT2D eigenvalue weighted by Crippen LogP contribution is -2.31. The highest BCUT2D eigenvalue weighted by Crippen LogP contribution is 2.19. The standard InChI is InChI=1S/C9H15F3N2O/c10-9(11,12)6-8(15)14-5-1-4-13-7-2-3-7/h7,13H,1-6H2,(H,14,15). The molecule has 0 atom stereocenters. The van der Waals surface area contributed by atoms with Gasteiger partial charge in [-0.15, -0.1) is 0 Å². The Morgan fingerprint density at radius 3 is 2.47 bits per heavy atom. The maximum Gasteiger partial charge on any atom is 0.397 e. The van der Waals surface area contributed by atoms with E-state index in [4.69, 9.17) is 0 Å². The summed E-state index contributed by atoms with van der Waals surface area (Å²) in [7, 11) is 0. The lowest BCUT2D eigenvalue weighted by molar-refractivity contribution is -0.153. The SMILES string of the molecule is O=C(CC(F)(F)F)NCCCNC1CC1. The largest absolute Gasteiger partial charge is 0.397 e. The van der Waals surface area contributed by atoms with Crippen molar-refractivity contribution in [3.05, 3.63) is 0 Å². The molecule has 3 nitrogen and oxygen atoms in total. The smallest absolute Gasteiger partial charge is 0.356 e. The second-order valence-electron chi connectivity index (χ2n) is 3.72. The van der Waals surface area contributed by atoms with Gasteiger partial charge in [-0.1, -0.05) is 0 Å². The summed E-state index contributed by atoms with van der Waals surface area (Å²) in [6, 6.07) is 0.593. The molecule has 1 amide bonds. The second kappa shape index (κ2) is 5.34. The molecule has 15 heavy (non-hydrogen) atoms. The minimum absolute atomic E-state index is 0.300. The van der Waals surface area contributed by atoms with Gasteiger partial charge in [0.05, 0.1) is 0 Å². The maximum atomic E-state index is 11.7. The first-order valence-electron chi connectivity index (χ1n) is 5.04. The predicted octanol–water partition coefficient (Wildman–Crippen LogP) is 1.20. The molecule has 0 unspecified atom stereocenters. The number of alkyl halides is 3. The zero-order valence-electron chi connectivity index (χ0n) is 8.36. The van der Waals surface area contributed by atoms with Gasteiger partial charge in [-0.2, -0.15) is 13.2 Å². The molecule has 0 saturated heterocycles. The number of halogens is 3. The van der Waals surface area contributed by atoms with E-state index in [0.29, 0.717) is 19.0 Å². The Hall–Kier alpha value is -0.780. The highest BCUT2D eigenvalue weighted by atomic mass is 19.4. The summed E-state index contributed by atoms with van der Waals surface area (Å²) in [5.41, 5.74) is 0. The molecule has 6 heteroatoms. The van der Waals surface area contributed by atoms with Crippen LogP contribution in [0.4, 0.5) is 13.2 Å². The van der Waals surface area contributed by atoms with Crippen molar-refractivity contribution in [2.24, 2.45) is 0 Å². The minimum Gasteiger partial charge on any atom is -0.356 e. The van der Waals surface area contributed by atoms with Gasteiger partial charge in [0.2, 0.25) is 5.91 Å². The molecule has 0 radical (unpaired) electrons. The molecule has 1 aliphatic rings. The Bertz CT molecular complexity index is 214. The van der Waals surface area contributed by atoms with Crippen LogP contribution in [0, 0.1) is 0 Å². The van der Waals surface area contributed by atoms with E-state index in [1.165, 1.54) is 12.8 Å². The van der Waals surface area contributed by atoms with Crippen molar-refractivity contribution in [2.75, 3.05) is 13.1 Å². The van der Waals surface area contributed by atoms with Crippen LogP contribution >= 0.6 is 0 Å². The van der Waals surface area contributed by atoms with Gasteiger partial charge in [0.25, 0.3) is 0 Å². The molecule has 1 rings (SSSR count). The van der Waals surface area contributed by atoms with E-state index in [2.05, 4.69) is 10.6 Å². The van der Waals surface area contributed by atoms with Crippen LogP contribution in [0.5, 0.6) is 0 Å². The number of carbonyl (C=O) groups is 1. The number of hydrogen-bond donors (Lipinski definition) is 2. The number of nitrogens with one attached hydrogen (secondary N) is 2. The minimum atomic E-state index is -4.41. The Balaban J connectivity index is 1.91. The van der Waals surface area contributed by atoms with Gasteiger partial charge < -0.3 is 10.6 Å². The zero-order valence-corrected chi connectivity index (χ0v) is 8.36. The van der Waals surface area contributed by atoms with Crippen molar-refractivity contribution in [1.82, 2.24) is 10.6 Å². The fraction of sp³-hybridized carbons (Fsp3) is 0.889. The number of rotatable bonds is 6. The van der Waals surface area contributed by atoms with Gasteiger partial charge in [0.1, 0.15) is 6.42 Å². The van der Waals surface area contributed by atoms with Gasteiger partial charge in [0, 0.05) is 12.6 Å². The Labute approximate surface area is 86.4 Å². The van der Waals surface area contributed by atoms with E-state index in [1.807, 2.05) is 0 Å². The van der Waals surface area contributed by atoms with Crippen LogP contribution in [0.3, 0.4) is 0 Å². The van der Waals surface area contributed by atoms with Crippen LogP contribution < -0.4 is 10.6 Å². The van der Waals surface area contributed by atoms with Crippen molar-refractivity contribution in [3.63, 3.8) is 0 Å². The van der Waals surface area contributed by atoms with Crippen molar-refractivity contribution >= 4 is 5.91 Å². The average molecular weight is 224 g/mol. The normalized spacial score (nSPS) is 16.5. The van der Waals surface area contributed by atoms with Crippen LogP contribution in [-0.2, 0) is 4.79 Å². The molecule has 0 aromatic carbocycles. The van der Waals surface area contributed by atoms with Crippen LogP contribution in [0.15, 0.2) is 0 Å². The van der Waals surface area contributed by atoms with Crippen LogP contribution in [-0.4, -0.2) is 31.2 Å². The maximum absolute atomic E-state index is 11.7. The highest BCUT2D eigenvalue weighted by Gasteiger charge is 2.30. The highest BCUT2D eigenvalue weighted by molar-refractivity contribution is 5.76. The Kier molecular flexibility index (Phi) is 4.38. The molecular formula is C9H15F3N2O. The van der Waals surface area contributed by atoms with Crippen LogP contribution in [0.25, 0.3) is 0 Å². The van der Waals surface area contributed by atoms with E-state index >= 15 is 0 Å². The van der Waals surface area contributed by atoms with Crippen LogP contribution in [0.2, 0.25) is 0 Å². The van der Waals surface area contributed by atoms with E-state index in [9.17, 15) is 18.0 Å². The first-order valence-corrected chi connectivity index (χ1v) is 5.04. The lowest BCUT2D eigenvalue weighted by Gasteiger charge is -2.07.